The topological polar surface area (TPSA) is 33.1 Å². The number of aryl methyl sites for hydroxylation is 1. The number of pyridine rings is 1. The first kappa shape index (κ1) is 16.8. The van der Waals surface area contributed by atoms with E-state index in [1.807, 2.05) is 18.2 Å². The summed E-state index contributed by atoms with van der Waals surface area (Å²) >= 11 is 0. The van der Waals surface area contributed by atoms with Crippen LogP contribution in [0.4, 0.5) is 0 Å². The van der Waals surface area contributed by atoms with Crippen molar-refractivity contribution in [1.29, 1.82) is 0 Å². The van der Waals surface area contributed by atoms with E-state index < -0.39 is 0 Å². The first-order chi connectivity index (χ1) is 10.7. The summed E-state index contributed by atoms with van der Waals surface area (Å²) in [5.74, 6) is 1.21. The Morgan fingerprint density at radius 1 is 0.955 bits per heavy atom. The van der Waals surface area contributed by atoms with Gasteiger partial charge >= 0.3 is 0 Å². The lowest BCUT2D eigenvalue weighted by atomic mass is 10.0. The van der Waals surface area contributed by atoms with Gasteiger partial charge in [0.2, 0.25) is 0 Å². The number of phenols is 1. The Bertz CT molecular complexity index is 577. The molecule has 0 amide bonds. The zero-order chi connectivity index (χ0) is 15.8. The van der Waals surface area contributed by atoms with Gasteiger partial charge in [0.25, 0.3) is 0 Å². The normalized spacial score (nSPS) is 11.4. The molecule has 0 radical (unpaired) electrons. The molecule has 120 valence electrons. The Kier molecular flexibility index (Phi) is 6.70. The zero-order valence-electron chi connectivity index (χ0n) is 14.0. The third-order valence-corrected chi connectivity index (χ3v) is 4.31. The van der Waals surface area contributed by atoms with Crippen LogP contribution >= 0.6 is 0 Å². The van der Waals surface area contributed by atoms with Gasteiger partial charge in [-0.2, -0.15) is 0 Å². The van der Waals surface area contributed by atoms with Crippen molar-refractivity contribution in [1.82, 2.24) is 4.98 Å². The molecular weight excluding hydrogens is 270 g/mol. The molecule has 0 bridgehead atoms. The lowest BCUT2D eigenvalue weighted by molar-refractivity contribution is 0.470. The van der Waals surface area contributed by atoms with Crippen LogP contribution in [-0.4, -0.2) is 10.1 Å². The monoisotopic (exact) mass is 299 g/mol. The molecule has 2 aromatic rings. The molecule has 1 N–H and O–H groups in total. The van der Waals surface area contributed by atoms with E-state index in [4.69, 9.17) is 0 Å². The number of hydrogen-bond acceptors (Lipinski definition) is 2. The average molecular weight is 299 g/mol. The highest BCUT2D eigenvalue weighted by Crippen LogP contribution is 2.28. The van der Waals surface area contributed by atoms with E-state index in [0.717, 1.165) is 35.2 Å². The van der Waals surface area contributed by atoms with Crippen LogP contribution in [-0.2, 0) is 6.42 Å². The minimum absolute atomic E-state index is 0.370. The van der Waals surface area contributed by atoms with Crippen molar-refractivity contribution in [3.8, 4) is 5.75 Å². The van der Waals surface area contributed by atoms with Gasteiger partial charge in [-0.1, -0.05) is 70.6 Å². The Morgan fingerprint density at radius 2 is 1.68 bits per heavy atom. The summed E-state index contributed by atoms with van der Waals surface area (Å²) < 4.78 is 0. The van der Waals surface area contributed by atoms with Crippen molar-refractivity contribution in [3.05, 3.63) is 36.0 Å². The van der Waals surface area contributed by atoms with E-state index in [9.17, 15) is 5.11 Å². The Balaban J connectivity index is 1.70. The SMILES string of the molecule is CC(C)CCCCCCCCc1ccc2cccnc2c1O. The fourth-order valence-corrected chi connectivity index (χ4v) is 2.95. The molecule has 1 heterocycles. The van der Waals surface area contributed by atoms with Crippen LogP contribution < -0.4 is 0 Å². The standard InChI is InChI=1S/C20H29NO/c1-16(2)10-7-5-3-4-6-8-11-18-14-13-17-12-9-15-21-19(17)20(18)22/h9,12-16,22H,3-8,10-11H2,1-2H3. The maximum atomic E-state index is 10.3. The van der Waals surface area contributed by atoms with Crippen LogP contribution in [0.5, 0.6) is 5.75 Å². The van der Waals surface area contributed by atoms with Gasteiger partial charge < -0.3 is 5.11 Å². The van der Waals surface area contributed by atoms with E-state index in [2.05, 4.69) is 24.9 Å². The molecule has 0 aliphatic carbocycles. The van der Waals surface area contributed by atoms with Crippen molar-refractivity contribution in [2.75, 3.05) is 0 Å². The summed E-state index contributed by atoms with van der Waals surface area (Å²) in [5.41, 5.74) is 1.76. The number of aromatic hydroxyl groups is 1. The van der Waals surface area contributed by atoms with E-state index in [1.165, 1.54) is 38.5 Å². The lowest BCUT2D eigenvalue weighted by Gasteiger charge is -2.07. The molecular formula is C20H29NO. The predicted octanol–water partition coefficient (Wildman–Crippen LogP) is 5.87. The molecule has 0 fully saturated rings. The van der Waals surface area contributed by atoms with Crippen molar-refractivity contribution in [2.24, 2.45) is 5.92 Å². The third-order valence-electron chi connectivity index (χ3n) is 4.31. The summed E-state index contributed by atoms with van der Waals surface area (Å²) in [6.45, 7) is 4.59. The van der Waals surface area contributed by atoms with Crippen LogP contribution in [0.2, 0.25) is 0 Å². The van der Waals surface area contributed by atoms with Crippen molar-refractivity contribution in [3.63, 3.8) is 0 Å². The first-order valence-corrected chi connectivity index (χ1v) is 8.74. The second kappa shape index (κ2) is 8.77. The number of fused-ring (bicyclic) bond motifs is 1. The quantitative estimate of drug-likeness (QED) is 0.587. The fraction of sp³-hybridized carbons (Fsp3) is 0.550. The van der Waals surface area contributed by atoms with Gasteiger partial charge in [0.1, 0.15) is 11.3 Å². The van der Waals surface area contributed by atoms with Gasteiger partial charge in [0.15, 0.2) is 0 Å². The molecule has 0 saturated heterocycles. The molecule has 0 spiro atoms. The summed E-state index contributed by atoms with van der Waals surface area (Å²) in [6, 6.07) is 8.00. The maximum Gasteiger partial charge on any atom is 0.144 e. The van der Waals surface area contributed by atoms with Crippen LogP contribution in [0.3, 0.4) is 0 Å². The maximum absolute atomic E-state index is 10.3. The number of benzene rings is 1. The predicted molar refractivity (Wildman–Crippen MR) is 94.3 cm³/mol. The molecule has 0 saturated carbocycles. The number of unbranched alkanes of at least 4 members (excludes halogenated alkanes) is 5. The minimum Gasteiger partial charge on any atom is -0.505 e. The van der Waals surface area contributed by atoms with Crippen molar-refractivity contribution < 1.29 is 5.11 Å². The van der Waals surface area contributed by atoms with E-state index in [0.29, 0.717) is 5.75 Å². The number of phenolic OH excluding ortho intramolecular Hbond substituents is 1. The number of nitrogens with zero attached hydrogens (tertiary/aromatic N) is 1. The van der Waals surface area contributed by atoms with Gasteiger partial charge in [0, 0.05) is 11.6 Å². The zero-order valence-corrected chi connectivity index (χ0v) is 14.0. The van der Waals surface area contributed by atoms with Gasteiger partial charge in [-0.05, 0) is 30.4 Å². The highest BCUT2D eigenvalue weighted by molar-refractivity contribution is 5.85. The largest absolute Gasteiger partial charge is 0.505 e. The smallest absolute Gasteiger partial charge is 0.144 e. The number of hydrogen-bond donors (Lipinski definition) is 1. The molecule has 0 unspecified atom stereocenters. The van der Waals surface area contributed by atoms with Gasteiger partial charge in [-0.3, -0.25) is 4.98 Å². The summed E-state index contributed by atoms with van der Waals surface area (Å²) in [7, 11) is 0. The fourth-order valence-electron chi connectivity index (χ4n) is 2.95. The first-order valence-electron chi connectivity index (χ1n) is 8.74. The summed E-state index contributed by atoms with van der Waals surface area (Å²) in [5, 5.41) is 11.3. The highest BCUT2D eigenvalue weighted by atomic mass is 16.3. The molecule has 1 aromatic heterocycles. The van der Waals surface area contributed by atoms with Gasteiger partial charge in [-0.15, -0.1) is 0 Å². The van der Waals surface area contributed by atoms with E-state index in [1.54, 1.807) is 6.20 Å². The highest BCUT2D eigenvalue weighted by Gasteiger charge is 2.06. The molecule has 0 aliphatic heterocycles. The number of aromatic nitrogens is 1. The second-order valence-corrected chi connectivity index (χ2v) is 6.70. The molecule has 1 aromatic carbocycles. The van der Waals surface area contributed by atoms with Crippen LogP contribution in [0, 0.1) is 5.92 Å². The Labute approximate surface area is 134 Å². The van der Waals surface area contributed by atoms with Crippen LogP contribution in [0.15, 0.2) is 30.5 Å². The number of rotatable bonds is 9. The van der Waals surface area contributed by atoms with Crippen LogP contribution in [0.25, 0.3) is 10.9 Å². The molecule has 2 heteroatoms. The van der Waals surface area contributed by atoms with Gasteiger partial charge in [0.05, 0.1) is 0 Å². The van der Waals surface area contributed by atoms with Crippen molar-refractivity contribution in [2.45, 2.75) is 65.2 Å². The summed E-state index contributed by atoms with van der Waals surface area (Å²) in [4.78, 5) is 4.28. The lowest BCUT2D eigenvalue weighted by Crippen LogP contribution is -1.90. The molecule has 22 heavy (non-hydrogen) atoms. The Hall–Kier alpha value is -1.57. The third kappa shape index (κ3) is 5.01. The molecule has 0 aliphatic rings. The van der Waals surface area contributed by atoms with E-state index in [-0.39, 0.29) is 0 Å². The van der Waals surface area contributed by atoms with Gasteiger partial charge in [-0.25, -0.2) is 0 Å². The second-order valence-electron chi connectivity index (χ2n) is 6.70. The average Bonchev–Trinajstić information content (AvgIpc) is 2.52. The Morgan fingerprint density at radius 3 is 2.45 bits per heavy atom. The molecule has 0 atom stereocenters. The van der Waals surface area contributed by atoms with Crippen LogP contribution in [0.1, 0.15) is 64.4 Å². The van der Waals surface area contributed by atoms with Crippen molar-refractivity contribution >= 4 is 10.9 Å². The van der Waals surface area contributed by atoms with E-state index >= 15 is 0 Å². The molecule has 2 rings (SSSR count). The minimum atomic E-state index is 0.370. The molecule has 2 nitrogen and oxygen atoms in total. The summed E-state index contributed by atoms with van der Waals surface area (Å²) in [6.07, 6.45) is 11.8.